The van der Waals surface area contributed by atoms with Crippen LogP contribution in [0.3, 0.4) is 0 Å². The number of aromatic nitrogens is 1. The Bertz CT molecular complexity index is 2550. The number of nitrogens with zero attached hydrogens (tertiary/aromatic N) is 2. The fourth-order valence-electron chi connectivity index (χ4n) is 6.40. The Morgan fingerprint density at radius 2 is 1.22 bits per heavy atom. The SMILES string of the molecule is N#Cc1ccc2c3ccccc3n(-c3cccc4c3sc3ccc(-c5cccc6c5sc5ccccc56)cc34)c2c1. The molecule has 0 bridgehead atoms. The van der Waals surface area contributed by atoms with E-state index in [0.717, 1.165) is 22.1 Å². The van der Waals surface area contributed by atoms with Gasteiger partial charge in [-0.1, -0.05) is 78.9 Å². The van der Waals surface area contributed by atoms with Crippen molar-refractivity contribution < 1.29 is 0 Å². The average molecular weight is 557 g/mol. The van der Waals surface area contributed by atoms with Gasteiger partial charge < -0.3 is 4.57 Å². The van der Waals surface area contributed by atoms with Gasteiger partial charge in [0.05, 0.1) is 33.1 Å². The topological polar surface area (TPSA) is 28.7 Å². The Balaban J connectivity index is 1.31. The maximum absolute atomic E-state index is 9.67. The lowest BCUT2D eigenvalue weighted by Crippen LogP contribution is -1.94. The van der Waals surface area contributed by atoms with Gasteiger partial charge in [-0.3, -0.25) is 0 Å². The van der Waals surface area contributed by atoms with Crippen molar-refractivity contribution in [3.8, 4) is 22.9 Å². The van der Waals surface area contributed by atoms with Crippen molar-refractivity contribution in [2.75, 3.05) is 0 Å². The summed E-state index contributed by atoms with van der Waals surface area (Å²) < 4.78 is 7.53. The lowest BCUT2D eigenvalue weighted by atomic mass is 10.0. The Hall–Kier alpha value is -4.95. The monoisotopic (exact) mass is 556 g/mol. The molecule has 3 aromatic heterocycles. The number of hydrogen-bond acceptors (Lipinski definition) is 3. The normalized spacial score (nSPS) is 11.9. The van der Waals surface area contributed by atoms with Crippen molar-refractivity contribution in [1.29, 1.82) is 5.26 Å². The first kappa shape index (κ1) is 22.8. The van der Waals surface area contributed by atoms with E-state index in [1.165, 1.54) is 56.9 Å². The van der Waals surface area contributed by atoms with Crippen molar-refractivity contribution >= 4 is 84.8 Å². The summed E-state index contributed by atoms with van der Waals surface area (Å²) in [6.07, 6.45) is 0. The zero-order chi connectivity index (χ0) is 27.1. The lowest BCUT2D eigenvalue weighted by Gasteiger charge is -2.09. The zero-order valence-electron chi connectivity index (χ0n) is 21.8. The first-order valence-electron chi connectivity index (χ1n) is 13.6. The third-order valence-electron chi connectivity index (χ3n) is 8.24. The molecule has 0 amide bonds. The van der Waals surface area contributed by atoms with Crippen LogP contribution in [-0.2, 0) is 0 Å². The second kappa shape index (κ2) is 8.52. The molecule has 4 heteroatoms. The standard InChI is InChI=1S/C37H20N2S2/c38-21-22-15-17-26-25-7-1-3-12-31(25)39(33(26)19-22)32-13-6-11-29-30-20-23(16-18-35(30)41-37(29)32)24-9-5-10-28-27-8-2-4-14-34(27)40-36(24)28/h1-20H. The molecule has 0 aliphatic heterocycles. The van der Waals surface area contributed by atoms with Crippen molar-refractivity contribution in [2.24, 2.45) is 0 Å². The molecule has 0 radical (unpaired) electrons. The molecule has 0 fully saturated rings. The number of rotatable bonds is 2. The fraction of sp³-hybridized carbons (Fsp3) is 0. The Morgan fingerprint density at radius 1 is 0.512 bits per heavy atom. The van der Waals surface area contributed by atoms with Crippen LogP contribution < -0.4 is 0 Å². The van der Waals surface area contributed by atoms with Crippen molar-refractivity contribution in [1.82, 2.24) is 4.57 Å². The van der Waals surface area contributed by atoms with Gasteiger partial charge in [0, 0.05) is 46.4 Å². The molecule has 0 N–H and O–H groups in total. The molecule has 0 saturated heterocycles. The summed E-state index contributed by atoms with van der Waals surface area (Å²) in [6.45, 7) is 0. The highest BCUT2D eigenvalue weighted by atomic mass is 32.1. The quantitative estimate of drug-likeness (QED) is 0.208. The smallest absolute Gasteiger partial charge is 0.0992 e. The summed E-state index contributed by atoms with van der Waals surface area (Å²) in [4.78, 5) is 0. The summed E-state index contributed by atoms with van der Waals surface area (Å²) in [5.74, 6) is 0. The molecule has 9 aromatic rings. The van der Waals surface area contributed by atoms with E-state index in [-0.39, 0.29) is 0 Å². The Labute approximate surface area is 243 Å². The molecule has 0 aliphatic rings. The predicted octanol–water partition coefficient (Wildman–Crippen LogP) is 11.1. The minimum Gasteiger partial charge on any atom is -0.308 e. The molecule has 0 saturated carbocycles. The summed E-state index contributed by atoms with van der Waals surface area (Å²) >= 11 is 3.72. The van der Waals surface area contributed by atoms with E-state index in [1.807, 2.05) is 34.8 Å². The maximum atomic E-state index is 9.67. The van der Waals surface area contributed by atoms with Crippen molar-refractivity contribution in [2.45, 2.75) is 0 Å². The molecule has 41 heavy (non-hydrogen) atoms. The molecule has 2 nitrogen and oxygen atoms in total. The lowest BCUT2D eigenvalue weighted by molar-refractivity contribution is 1.20. The number of nitriles is 1. The predicted molar refractivity (Wildman–Crippen MR) is 177 cm³/mol. The number of thiophene rings is 2. The van der Waals surface area contributed by atoms with Gasteiger partial charge in [0.25, 0.3) is 0 Å². The second-order valence-electron chi connectivity index (χ2n) is 10.4. The highest BCUT2D eigenvalue weighted by Crippen LogP contribution is 2.44. The first-order chi connectivity index (χ1) is 20.3. The Morgan fingerprint density at radius 3 is 2.12 bits per heavy atom. The van der Waals surface area contributed by atoms with Crippen molar-refractivity contribution in [3.63, 3.8) is 0 Å². The minimum atomic E-state index is 0.671. The molecule has 0 spiro atoms. The number of fused-ring (bicyclic) bond motifs is 9. The minimum absolute atomic E-state index is 0.671. The summed E-state index contributed by atoms with van der Waals surface area (Å²) in [6, 6.07) is 45.8. The third kappa shape index (κ3) is 3.22. The van der Waals surface area contributed by atoms with Gasteiger partial charge in [0.15, 0.2) is 0 Å². The van der Waals surface area contributed by atoms with Crippen LogP contribution in [0.4, 0.5) is 0 Å². The van der Waals surface area contributed by atoms with Crippen LogP contribution in [-0.4, -0.2) is 4.57 Å². The maximum Gasteiger partial charge on any atom is 0.0992 e. The number of para-hydroxylation sites is 1. The van der Waals surface area contributed by atoms with Crippen LogP contribution in [0.1, 0.15) is 5.56 Å². The highest BCUT2D eigenvalue weighted by Gasteiger charge is 2.18. The van der Waals surface area contributed by atoms with Crippen LogP contribution in [0.15, 0.2) is 121 Å². The first-order valence-corrected chi connectivity index (χ1v) is 15.2. The summed E-state index contributed by atoms with van der Waals surface area (Å²) in [5, 5.41) is 17.2. The third-order valence-corrected chi connectivity index (χ3v) is 10.7. The van der Waals surface area contributed by atoms with E-state index in [1.54, 1.807) is 0 Å². The molecule has 0 aliphatic carbocycles. The molecule has 3 heterocycles. The van der Waals surface area contributed by atoms with Crippen LogP contribution in [0, 0.1) is 11.3 Å². The average Bonchev–Trinajstić information content (AvgIpc) is 3.70. The van der Waals surface area contributed by atoms with Gasteiger partial charge in [-0.25, -0.2) is 0 Å². The van der Waals surface area contributed by atoms with E-state index in [0.29, 0.717) is 5.56 Å². The summed E-state index contributed by atoms with van der Waals surface area (Å²) in [7, 11) is 0. The molecule has 9 rings (SSSR count). The van der Waals surface area contributed by atoms with Crippen LogP contribution >= 0.6 is 22.7 Å². The van der Waals surface area contributed by atoms with Crippen LogP contribution in [0.25, 0.3) is 79.0 Å². The molecule has 6 aromatic carbocycles. The summed E-state index contributed by atoms with van der Waals surface area (Å²) in [5.41, 5.74) is 6.57. The van der Waals surface area contributed by atoms with Gasteiger partial charge in [0.2, 0.25) is 0 Å². The molecule has 0 unspecified atom stereocenters. The van der Waals surface area contributed by atoms with Gasteiger partial charge in [-0.15, -0.1) is 22.7 Å². The van der Waals surface area contributed by atoms with Gasteiger partial charge in [0.1, 0.15) is 0 Å². The van der Waals surface area contributed by atoms with E-state index in [9.17, 15) is 5.26 Å². The molecule has 0 atom stereocenters. The van der Waals surface area contributed by atoms with E-state index in [4.69, 9.17) is 0 Å². The van der Waals surface area contributed by atoms with E-state index < -0.39 is 0 Å². The molecular weight excluding hydrogens is 537 g/mol. The highest BCUT2D eigenvalue weighted by molar-refractivity contribution is 7.26. The molecule has 190 valence electrons. The van der Waals surface area contributed by atoms with Crippen LogP contribution in [0.2, 0.25) is 0 Å². The van der Waals surface area contributed by atoms with E-state index in [2.05, 4.69) is 120 Å². The number of hydrogen-bond donors (Lipinski definition) is 0. The van der Waals surface area contributed by atoms with Gasteiger partial charge >= 0.3 is 0 Å². The van der Waals surface area contributed by atoms with Gasteiger partial charge in [-0.05, 0) is 53.6 Å². The molecular formula is C37H20N2S2. The fourth-order valence-corrected chi connectivity index (χ4v) is 8.83. The van der Waals surface area contributed by atoms with Gasteiger partial charge in [-0.2, -0.15) is 5.26 Å². The zero-order valence-corrected chi connectivity index (χ0v) is 23.4. The van der Waals surface area contributed by atoms with Crippen LogP contribution in [0.5, 0.6) is 0 Å². The Kier molecular flexibility index (Phi) is 4.74. The number of benzene rings is 6. The largest absolute Gasteiger partial charge is 0.308 e. The van der Waals surface area contributed by atoms with E-state index >= 15 is 0 Å². The second-order valence-corrected chi connectivity index (χ2v) is 12.5. The van der Waals surface area contributed by atoms with Crippen molar-refractivity contribution in [3.05, 3.63) is 127 Å².